The van der Waals surface area contributed by atoms with Gasteiger partial charge in [0.2, 0.25) is 5.91 Å². The molecule has 1 saturated carbocycles. The standard InChI is InChI=1S/C21H31N7O2/c1-22-20(24-14-21(11-5-6-12-21)19(29)28(2)3)23-13-17-25-18(27-26-17)15-7-9-16(30-4)10-8-15/h7-10H,5-6,11-14H2,1-4H3,(H2,22,23,24)(H,25,26,27). The number of hydrogen-bond acceptors (Lipinski definition) is 5. The van der Waals surface area contributed by atoms with Crippen LogP contribution >= 0.6 is 0 Å². The number of hydrogen-bond donors (Lipinski definition) is 3. The first-order valence-electron chi connectivity index (χ1n) is 10.2. The highest BCUT2D eigenvalue weighted by Crippen LogP contribution is 2.38. The number of aromatic nitrogens is 3. The van der Waals surface area contributed by atoms with Crippen molar-refractivity contribution in [2.45, 2.75) is 32.2 Å². The first-order valence-corrected chi connectivity index (χ1v) is 10.2. The van der Waals surface area contributed by atoms with Crippen molar-refractivity contribution in [1.82, 2.24) is 30.7 Å². The molecule has 0 radical (unpaired) electrons. The Morgan fingerprint density at radius 1 is 1.23 bits per heavy atom. The maximum atomic E-state index is 12.7. The highest BCUT2D eigenvalue weighted by Gasteiger charge is 2.42. The third-order valence-corrected chi connectivity index (χ3v) is 5.54. The van der Waals surface area contributed by atoms with Gasteiger partial charge in [-0.1, -0.05) is 12.8 Å². The van der Waals surface area contributed by atoms with Crippen LogP contribution in [-0.2, 0) is 11.3 Å². The van der Waals surface area contributed by atoms with Crippen LogP contribution in [0.4, 0.5) is 0 Å². The molecule has 2 aromatic rings. The van der Waals surface area contributed by atoms with Crippen molar-refractivity contribution in [3.05, 3.63) is 30.1 Å². The molecule has 1 fully saturated rings. The summed E-state index contributed by atoms with van der Waals surface area (Å²) < 4.78 is 5.18. The molecule has 0 aliphatic heterocycles. The number of carbonyl (C=O) groups is 1. The van der Waals surface area contributed by atoms with Gasteiger partial charge in [-0.25, -0.2) is 4.98 Å². The van der Waals surface area contributed by atoms with Crippen LogP contribution in [0.3, 0.4) is 0 Å². The topological polar surface area (TPSA) is 108 Å². The third-order valence-electron chi connectivity index (χ3n) is 5.54. The van der Waals surface area contributed by atoms with E-state index in [2.05, 4.69) is 30.8 Å². The molecule has 1 aromatic carbocycles. The van der Waals surface area contributed by atoms with Gasteiger partial charge in [-0.2, -0.15) is 5.10 Å². The van der Waals surface area contributed by atoms with E-state index < -0.39 is 0 Å². The summed E-state index contributed by atoms with van der Waals surface area (Å²) in [5.41, 5.74) is 0.556. The van der Waals surface area contributed by atoms with Crippen LogP contribution in [0.5, 0.6) is 5.75 Å². The van der Waals surface area contributed by atoms with Crippen LogP contribution < -0.4 is 15.4 Å². The van der Waals surface area contributed by atoms with Gasteiger partial charge in [-0.15, -0.1) is 0 Å². The van der Waals surface area contributed by atoms with Crippen LogP contribution in [0.1, 0.15) is 31.5 Å². The molecule has 9 heteroatoms. The van der Waals surface area contributed by atoms with Crippen molar-refractivity contribution in [2.75, 3.05) is 34.8 Å². The molecule has 3 rings (SSSR count). The van der Waals surface area contributed by atoms with E-state index in [0.717, 1.165) is 37.0 Å². The van der Waals surface area contributed by atoms with E-state index in [1.165, 1.54) is 0 Å². The predicted octanol–water partition coefficient (Wildman–Crippen LogP) is 1.79. The number of nitrogens with zero attached hydrogens (tertiary/aromatic N) is 4. The van der Waals surface area contributed by atoms with Crippen molar-refractivity contribution in [2.24, 2.45) is 10.4 Å². The van der Waals surface area contributed by atoms with E-state index in [9.17, 15) is 4.79 Å². The summed E-state index contributed by atoms with van der Waals surface area (Å²) in [6, 6.07) is 7.59. The average molecular weight is 414 g/mol. The van der Waals surface area contributed by atoms with Gasteiger partial charge in [-0.05, 0) is 37.1 Å². The zero-order chi connectivity index (χ0) is 21.6. The van der Waals surface area contributed by atoms with Crippen LogP contribution in [0, 0.1) is 5.41 Å². The summed E-state index contributed by atoms with van der Waals surface area (Å²) in [5, 5.41) is 13.8. The number of aromatic amines is 1. The lowest BCUT2D eigenvalue weighted by Gasteiger charge is -2.31. The summed E-state index contributed by atoms with van der Waals surface area (Å²) in [6.07, 6.45) is 3.97. The predicted molar refractivity (Wildman–Crippen MR) is 116 cm³/mol. The van der Waals surface area contributed by atoms with Crippen molar-refractivity contribution in [3.8, 4) is 17.1 Å². The zero-order valence-corrected chi connectivity index (χ0v) is 18.2. The number of methoxy groups -OCH3 is 1. The Balaban J connectivity index is 1.57. The second kappa shape index (κ2) is 9.60. The normalized spacial score (nSPS) is 15.7. The molecule has 0 unspecified atom stereocenters. The Hall–Kier alpha value is -3.10. The molecule has 3 N–H and O–H groups in total. The molecule has 1 amide bonds. The molecular weight excluding hydrogens is 382 g/mol. The number of aliphatic imine (C=N–C) groups is 1. The monoisotopic (exact) mass is 413 g/mol. The lowest BCUT2D eigenvalue weighted by molar-refractivity contribution is -0.138. The number of rotatable bonds is 7. The highest BCUT2D eigenvalue weighted by atomic mass is 16.5. The average Bonchev–Trinajstić information content (AvgIpc) is 3.44. The highest BCUT2D eigenvalue weighted by molar-refractivity contribution is 5.85. The van der Waals surface area contributed by atoms with Crippen molar-refractivity contribution in [1.29, 1.82) is 0 Å². The quantitative estimate of drug-likeness (QED) is 0.472. The van der Waals surface area contributed by atoms with E-state index in [0.29, 0.717) is 30.7 Å². The summed E-state index contributed by atoms with van der Waals surface area (Å²) in [6.45, 7) is 1.01. The van der Waals surface area contributed by atoms with Gasteiger partial charge >= 0.3 is 0 Å². The molecule has 9 nitrogen and oxygen atoms in total. The van der Waals surface area contributed by atoms with Gasteiger partial charge in [0.25, 0.3) is 0 Å². The van der Waals surface area contributed by atoms with E-state index >= 15 is 0 Å². The van der Waals surface area contributed by atoms with Crippen molar-refractivity contribution < 1.29 is 9.53 Å². The fourth-order valence-corrected chi connectivity index (χ4v) is 3.88. The SMILES string of the molecule is CN=C(NCc1nc(-c2ccc(OC)cc2)n[nH]1)NCC1(C(=O)N(C)C)CCCC1. The second-order valence-corrected chi connectivity index (χ2v) is 7.80. The molecule has 1 aliphatic rings. The molecule has 1 heterocycles. The third kappa shape index (κ3) is 4.90. The van der Waals surface area contributed by atoms with Gasteiger partial charge in [-0.3, -0.25) is 14.9 Å². The Morgan fingerprint density at radius 3 is 2.53 bits per heavy atom. The Bertz CT molecular complexity index is 868. The maximum Gasteiger partial charge on any atom is 0.230 e. The number of benzene rings is 1. The lowest BCUT2D eigenvalue weighted by Crippen LogP contribution is -2.49. The van der Waals surface area contributed by atoms with Crippen molar-refractivity contribution in [3.63, 3.8) is 0 Å². The number of nitrogens with one attached hydrogen (secondary N) is 3. The largest absolute Gasteiger partial charge is 0.497 e. The number of amides is 1. The van der Waals surface area contributed by atoms with E-state index in [-0.39, 0.29) is 11.3 Å². The molecule has 162 valence electrons. The molecule has 0 atom stereocenters. The number of ether oxygens (including phenoxy) is 1. The van der Waals surface area contributed by atoms with Gasteiger partial charge < -0.3 is 20.3 Å². The second-order valence-electron chi connectivity index (χ2n) is 7.80. The van der Waals surface area contributed by atoms with Crippen LogP contribution in [-0.4, -0.2) is 66.7 Å². The molecule has 1 aromatic heterocycles. The minimum Gasteiger partial charge on any atom is -0.497 e. The first-order chi connectivity index (χ1) is 14.5. The molecule has 0 bridgehead atoms. The Morgan fingerprint density at radius 2 is 1.93 bits per heavy atom. The summed E-state index contributed by atoms with van der Waals surface area (Å²) >= 11 is 0. The zero-order valence-electron chi connectivity index (χ0n) is 18.2. The minimum atomic E-state index is -0.352. The maximum absolute atomic E-state index is 12.7. The molecule has 30 heavy (non-hydrogen) atoms. The summed E-state index contributed by atoms with van der Waals surface area (Å²) in [7, 11) is 6.99. The van der Waals surface area contributed by atoms with E-state index in [1.54, 1.807) is 19.1 Å². The van der Waals surface area contributed by atoms with Gasteiger partial charge in [0, 0.05) is 33.3 Å². The number of guanidine groups is 1. The Labute approximate surface area is 177 Å². The lowest BCUT2D eigenvalue weighted by atomic mass is 9.84. The van der Waals surface area contributed by atoms with Gasteiger partial charge in [0.1, 0.15) is 11.6 Å². The Kier molecular flexibility index (Phi) is 6.91. The van der Waals surface area contributed by atoms with Gasteiger partial charge in [0.15, 0.2) is 11.8 Å². The fraction of sp³-hybridized carbons (Fsp3) is 0.524. The van der Waals surface area contributed by atoms with Gasteiger partial charge in [0.05, 0.1) is 19.1 Å². The van der Waals surface area contributed by atoms with E-state index in [4.69, 9.17) is 4.74 Å². The summed E-state index contributed by atoms with van der Waals surface area (Å²) in [4.78, 5) is 23.2. The van der Waals surface area contributed by atoms with Crippen LogP contribution in [0.25, 0.3) is 11.4 Å². The van der Waals surface area contributed by atoms with Crippen molar-refractivity contribution >= 4 is 11.9 Å². The molecule has 0 spiro atoms. The van der Waals surface area contributed by atoms with Crippen LogP contribution in [0.15, 0.2) is 29.3 Å². The smallest absolute Gasteiger partial charge is 0.230 e. The summed E-state index contributed by atoms with van der Waals surface area (Å²) in [5.74, 6) is 2.93. The fourth-order valence-electron chi connectivity index (χ4n) is 3.88. The minimum absolute atomic E-state index is 0.183. The first kappa shape index (κ1) is 21.6. The molecule has 0 saturated heterocycles. The molecular formula is C21H31N7O2. The number of carbonyl (C=O) groups excluding carboxylic acids is 1. The van der Waals surface area contributed by atoms with Crippen LogP contribution in [0.2, 0.25) is 0 Å². The van der Waals surface area contributed by atoms with E-state index in [1.807, 2.05) is 38.4 Å². The molecule has 1 aliphatic carbocycles. The number of H-pyrrole nitrogens is 1.